The fourth-order valence-electron chi connectivity index (χ4n) is 5.00. The van der Waals surface area contributed by atoms with Crippen LogP contribution in [0, 0.1) is 18.7 Å². The highest BCUT2D eigenvalue weighted by Crippen LogP contribution is 2.41. The van der Waals surface area contributed by atoms with Crippen molar-refractivity contribution < 1.29 is 19.0 Å². The van der Waals surface area contributed by atoms with E-state index < -0.39 is 23.9 Å². The number of ether oxygens (including phenoxy) is 1. The third-order valence-electron chi connectivity index (χ3n) is 6.71. The highest BCUT2D eigenvalue weighted by Gasteiger charge is 2.53. The van der Waals surface area contributed by atoms with Crippen molar-refractivity contribution in [3.05, 3.63) is 95.4 Å². The first-order valence-corrected chi connectivity index (χ1v) is 12.9. The van der Waals surface area contributed by atoms with Crippen molar-refractivity contribution in [2.45, 2.75) is 39.7 Å². The number of piperidine rings is 1. The van der Waals surface area contributed by atoms with Gasteiger partial charge < -0.3 is 19.3 Å². The second kappa shape index (κ2) is 11.4. The number of hydrogen-bond acceptors (Lipinski definition) is 5. The molecule has 39 heavy (non-hydrogen) atoms. The molecule has 1 saturated heterocycles. The van der Waals surface area contributed by atoms with Crippen LogP contribution in [0.3, 0.4) is 0 Å². The molecule has 1 aromatic heterocycles. The van der Waals surface area contributed by atoms with Crippen molar-refractivity contribution >= 4 is 17.8 Å². The number of aliphatic hydroxyl groups excluding tert-OH is 1. The second-order valence-electron chi connectivity index (χ2n) is 10.4. The molecule has 1 amide bonds. The molecule has 5 rings (SSSR count). The minimum absolute atomic E-state index is 0.215. The topological polar surface area (TPSA) is 80.0 Å². The number of benzene rings is 2. The first kappa shape index (κ1) is 28.0. The van der Waals surface area contributed by atoms with Gasteiger partial charge in [-0.1, -0.05) is 30.7 Å². The number of imidazole rings is 1. The molecule has 8 heteroatoms. The molecule has 2 aromatic carbocycles. The van der Waals surface area contributed by atoms with Crippen LogP contribution >= 0.6 is 0 Å². The third kappa shape index (κ3) is 5.56. The van der Waals surface area contributed by atoms with Gasteiger partial charge in [0.1, 0.15) is 17.4 Å². The van der Waals surface area contributed by atoms with Crippen LogP contribution in [0.15, 0.2) is 77.7 Å². The normalized spacial score (nSPS) is 21.3. The van der Waals surface area contributed by atoms with E-state index in [2.05, 4.69) is 23.5 Å². The summed E-state index contributed by atoms with van der Waals surface area (Å²) in [7, 11) is 1.63. The zero-order valence-corrected chi connectivity index (χ0v) is 23.1. The zero-order chi connectivity index (χ0) is 28.3. The van der Waals surface area contributed by atoms with Gasteiger partial charge in [-0.15, -0.1) is 6.58 Å². The Hall–Kier alpha value is -4.04. The number of amidine groups is 1. The summed E-state index contributed by atoms with van der Waals surface area (Å²) in [5.41, 5.74) is 3.94. The highest BCUT2D eigenvalue weighted by atomic mass is 19.1. The molecular weight excluding hydrogens is 495 g/mol. The lowest BCUT2D eigenvalue weighted by molar-refractivity contribution is -0.128. The Bertz CT molecular complexity index is 1440. The third-order valence-corrected chi connectivity index (χ3v) is 6.71. The molecular formula is C31H35FN4O3. The summed E-state index contributed by atoms with van der Waals surface area (Å²) in [4.78, 5) is 23.8. The number of methoxy groups -OCH3 is 1. The molecule has 0 aliphatic carbocycles. The average Bonchev–Trinajstić information content (AvgIpc) is 3.45. The molecule has 0 radical (unpaired) electrons. The molecule has 3 heterocycles. The van der Waals surface area contributed by atoms with Crippen LogP contribution in [-0.4, -0.2) is 51.6 Å². The number of hydrogen-bond donors (Lipinski definition) is 1. The Morgan fingerprint density at radius 2 is 1.95 bits per heavy atom. The lowest BCUT2D eigenvalue weighted by Crippen LogP contribution is -2.55. The zero-order valence-electron chi connectivity index (χ0n) is 23.1. The molecule has 3 aromatic rings. The van der Waals surface area contributed by atoms with Gasteiger partial charge in [-0.3, -0.25) is 4.79 Å². The van der Waals surface area contributed by atoms with Gasteiger partial charge in [0.2, 0.25) is 0 Å². The number of allylic oxidation sites excluding steroid dienone is 1. The number of aryl methyl sites for hydroxylation is 1. The second-order valence-corrected chi connectivity index (χ2v) is 10.4. The van der Waals surface area contributed by atoms with Gasteiger partial charge in [-0.2, -0.15) is 4.99 Å². The number of halogens is 1. The van der Waals surface area contributed by atoms with E-state index >= 15 is 0 Å². The summed E-state index contributed by atoms with van der Waals surface area (Å²) in [6.45, 7) is 11.6. The summed E-state index contributed by atoms with van der Waals surface area (Å²) >= 11 is 0. The standard InChI is InChI=1S/C27H27FN4O3.C4H8/c1-17-10-20(11-19-4-9-23(24(12-19)35-3)31-14-18(2)29-16-31)25-30-26(34)27(15-33,32(25)13-17)21-5-7-22(28)8-6-21;1-4(2)3/h4-9,11-12,14,16-17,33H,10,13,15H2,1-3H3;1H2,2-3H3/b20-11+;. The number of aromatic nitrogens is 2. The van der Waals surface area contributed by atoms with Gasteiger partial charge in [-0.25, -0.2) is 9.37 Å². The van der Waals surface area contributed by atoms with E-state index in [4.69, 9.17) is 4.74 Å². The van der Waals surface area contributed by atoms with Crippen molar-refractivity contribution in [2.75, 3.05) is 20.3 Å². The van der Waals surface area contributed by atoms with Crippen LogP contribution in [0.25, 0.3) is 11.8 Å². The van der Waals surface area contributed by atoms with E-state index in [9.17, 15) is 14.3 Å². The van der Waals surface area contributed by atoms with E-state index in [0.717, 1.165) is 28.9 Å². The monoisotopic (exact) mass is 530 g/mol. The van der Waals surface area contributed by atoms with Gasteiger partial charge in [0.05, 0.1) is 31.4 Å². The number of amides is 1. The fourth-order valence-corrected chi connectivity index (χ4v) is 5.00. The quantitative estimate of drug-likeness (QED) is 0.443. The van der Waals surface area contributed by atoms with Gasteiger partial charge in [0.25, 0.3) is 5.91 Å². The molecule has 0 spiro atoms. The van der Waals surface area contributed by atoms with Crippen molar-refractivity contribution in [1.82, 2.24) is 14.5 Å². The van der Waals surface area contributed by atoms with Crippen LogP contribution in [0.2, 0.25) is 0 Å². The molecule has 7 nitrogen and oxygen atoms in total. The summed E-state index contributed by atoms with van der Waals surface area (Å²) in [5.74, 6) is 0.625. The molecule has 2 aliphatic rings. The molecule has 2 aliphatic heterocycles. The number of aliphatic hydroxyl groups is 1. The van der Waals surface area contributed by atoms with E-state index in [1.807, 2.05) is 60.7 Å². The predicted octanol–water partition coefficient (Wildman–Crippen LogP) is 5.46. The fraction of sp³-hybridized carbons (Fsp3) is 0.323. The van der Waals surface area contributed by atoms with Crippen molar-refractivity contribution in [1.29, 1.82) is 0 Å². The average molecular weight is 531 g/mol. The summed E-state index contributed by atoms with van der Waals surface area (Å²) in [6, 6.07) is 11.6. The summed E-state index contributed by atoms with van der Waals surface area (Å²) < 4.78 is 21.1. The molecule has 2 atom stereocenters. The lowest BCUT2D eigenvalue weighted by Gasteiger charge is -2.42. The van der Waals surface area contributed by atoms with E-state index in [1.54, 1.807) is 25.6 Å². The number of fused-ring (bicyclic) bond motifs is 1. The number of rotatable bonds is 5. The summed E-state index contributed by atoms with van der Waals surface area (Å²) in [5, 5.41) is 10.4. The molecule has 2 unspecified atom stereocenters. The van der Waals surface area contributed by atoms with Gasteiger partial charge >= 0.3 is 0 Å². The summed E-state index contributed by atoms with van der Waals surface area (Å²) in [6.07, 6.45) is 6.42. The van der Waals surface area contributed by atoms with Crippen molar-refractivity contribution in [3.63, 3.8) is 0 Å². The maximum absolute atomic E-state index is 13.6. The van der Waals surface area contributed by atoms with Crippen LogP contribution in [0.5, 0.6) is 5.75 Å². The maximum atomic E-state index is 13.6. The Morgan fingerprint density at radius 3 is 2.54 bits per heavy atom. The van der Waals surface area contributed by atoms with Gasteiger partial charge in [0, 0.05) is 12.7 Å². The number of nitrogens with zero attached hydrogens (tertiary/aromatic N) is 4. The van der Waals surface area contributed by atoms with Crippen LogP contribution in [-0.2, 0) is 10.3 Å². The minimum atomic E-state index is -1.35. The highest BCUT2D eigenvalue weighted by molar-refractivity contribution is 6.15. The smallest absolute Gasteiger partial charge is 0.280 e. The van der Waals surface area contributed by atoms with Gasteiger partial charge in [0.15, 0.2) is 5.54 Å². The first-order valence-electron chi connectivity index (χ1n) is 12.9. The van der Waals surface area contributed by atoms with E-state index in [-0.39, 0.29) is 5.92 Å². The van der Waals surface area contributed by atoms with Gasteiger partial charge in [-0.05, 0) is 80.2 Å². The molecule has 204 valence electrons. The minimum Gasteiger partial charge on any atom is -0.495 e. The Labute approximate surface area is 229 Å². The lowest BCUT2D eigenvalue weighted by atomic mass is 9.84. The molecule has 1 N–H and O–H groups in total. The largest absolute Gasteiger partial charge is 0.495 e. The van der Waals surface area contributed by atoms with Crippen LogP contribution < -0.4 is 4.74 Å². The molecule has 1 fully saturated rings. The Kier molecular flexibility index (Phi) is 8.16. The van der Waals surface area contributed by atoms with Crippen molar-refractivity contribution in [3.8, 4) is 11.4 Å². The molecule has 0 saturated carbocycles. The van der Waals surface area contributed by atoms with Crippen LogP contribution in [0.1, 0.15) is 44.0 Å². The number of carbonyl (C=O) groups excluding carboxylic acids is 1. The molecule has 0 bridgehead atoms. The number of aliphatic imine (C=N–C) groups is 1. The Balaban J connectivity index is 0.000000826. The van der Waals surface area contributed by atoms with Crippen molar-refractivity contribution in [2.24, 2.45) is 10.9 Å². The predicted molar refractivity (Wildman–Crippen MR) is 151 cm³/mol. The maximum Gasteiger partial charge on any atom is 0.280 e. The SMILES string of the molecule is C=C(C)C.COc1cc(/C=C2\CC(C)CN3C2=NC(=O)C3(CO)c2ccc(F)cc2)ccc1-n1cnc(C)c1. The van der Waals surface area contributed by atoms with E-state index in [0.29, 0.717) is 23.7 Å². The van der Waals surface area contributed by atoms with E-state index in [1.165, 1.54) is 17.7 Å². The first-order chi connectivity index (χ1) is 18.6. The van der Waals surface area contributed by atoms with Crippen LogP contribution in [0.4, 0.5) is 4.39 Å². The number of carbonyl (C=O) groups is 1. The Morgan fingerprint density at radius 1 is 1.26 bits per heavy atom.